The van der Waals surface area contributed by atoms with Crippen LogP contribution in [0.25, 0.3) is 10.8 Å². The number of alkyl halides is 2. The Bertz CT molecular complexity index is 504. The number of ether oxygens (including phenoxy) is 1. The van der Waals surface area contributed by atoms with Crippen LogP contribution >= 0.6 is 0 Å². The molecule has 2 rings (SSSR count). The lowest BCUT2D eigenvalue weighted by Crippen LogP contribution is -2.09. The number of nitrogens with zero attached hydrogens (tertiary/aromatic N) is 1. The molecule has 1 heterocycles. The van der Waals surface area contributed by atoms with Gasteiger partial charge in [-0.25, -0.2) is 10.8 Å². The Hall–Kier alpha value is -1.95. The highest BCUT2D eigenvalue weighted by Crippen LogP contribution is 2.29. The molecule has 0 saturated heterocycles. The number of rotatable bonds is 3. The molecule has 2 aromatic rings. The molecule has 0 bridgehead atoms. The molecule has 0 fully saturated rings. The fourth-order valence-electron chi connectivity index (χ4n) is 1.49. The molecule has 6 heteroatoms. The van der Waals surface area contributed by atoms with Crippen molar-refractivity contribution in [2.24, 2.45) is 5.84 Å². The minimum atomic E-state index is -2.85. The molecule has 0 aliphatic carbocycles. The summed E-state index contributed by atoms with van der Waals surface area (Å²) in [7, 11) is 0. The second-order valence-electron chi connectivity index (χ2n) is 3.03. The van der Waals surface area contributed by atoms with Crippen LogP contribution in [-0.2, 0) is 0 Å². The highest BCUT2D eigenvalue weighted by molar-refractivity contribution is 5.95. The van der Waals surface area contributed by atoms with Gasteiger partial charge in [0.15, 0.2) is 0 Å². The van der Waals surface area contributed by atoms with Crippen molar-refractivity contribution < 1.29 is 13.5 Å². The van der Waals surface area contributed by atoms with E-state index in [9.17, 15) is 8.78 Å². The van der Waals surface area contributed by atoms with Crippen molar-refractivity contribution in [3.8, 4) is 5.75 Å². The molecule has 0 unspecified atom stereocenters. The maximum Gasteiger partial charge on any atom is 0.387 e. The summed E-state index contributed by atoms with van der Waals surface area (Å²) in [5.41, 5.74) is 2.40. The van der Waals surface area contributed by atoms with Crippen LogP contribution in [0.2, 0.25) is 0 Å². The lowest BCUT2D eigenvalue weighted by atomic mass is 10.1. The molecule has 0 aliphatic rings. The molecular formula is C10H9F2N3O. The summed E-state index contributed by atoms with van der Waals surface area (Å²) in [5.74, 6) is 5.78. The molecule has 1 aromatic heterocycles. The third-order valence-electron chi connectivity index (χ3n) is 2.12. The van der Waals surface area contributed by atoms with Crippen molar-refractivity contribution in [2.45, 2.75) is 6.61 Å². The summed E-state index contributed by atoms with van der Waals surface area (Å²) in [6.45, 7) is -2.85. The SMILES string of the molecule is NNc1nccc2c(OC(F)F)cccc12. The van der Waals surface area contributed by atoms with Gasteiger partial charge in [-0.2, -0.15) is 8.78 Å². The molecule has 0 spiro atoms. The first-order valence-corrected chi connectivity index (χ1v) is 4.51. The Morgan fingerprint density at radius 3 is 2.75 bits per heavy atom. The summed E-state index contributed by atoms with van der Waals surface area (Å²) in [6.07, 6.45) is 1.47. The molecular weight excluding hydrogens is 216 g/mol. The maximum absolute atomic E-state index is 12.2. The van der Waals surface area contributed by atoms with E-state index in [1.165, 1.54) is 12.3 Å². The van der Waals surface area contributed by atoms with Crippen molar-refractivity contribution >= 4 is 16.6 Å². The second-order valence-corrected chi connectivity index (χ2v) is 3.03. The van der Waals surface area contributed by atoms with E-state index in [4.69, 9.17) is 5.84 Å². The van der Waals surface area contributed by atoms with Crippen molar-refractivity contribution in [1.82, 2.24) is 4.98 Å². The molecule has 1 aromatic carbocycles. The maximum atomic E-state index is 12.2. The summed E-state index contributed by atoms with van der Waals surface area (Å²) in [5, 5.41) is 1.16. The number of benzene rings is 1. The lowest BCUT2D eigenvalue weighted by molar-refractivity contribution is -0.0487. The number of nitrogen functional groups attached to an aromatic ring is 1. The van der Waals surface area contributed by atoms with Crippen LogP contribution < -0.4 is 16.0 Å². The Morgan fingerprint density at radius 2 is 2.06 bits per heavy atom. The number of hydrogen-bond acceptors (Lipinski definition) is 4. The Labute approximate surface area is 90.0 Å². The third kappa shape index (κ3) is 1.87. The van der Waals surface area contributed by atoms with Crippen LogP contribution in [0.4, 0.5) is 14.6 Å². The van der Waals surface area contributed by atoms with Gasteiger partial charge >= 0.3 is 6.61 Å². The molecule has 0 atom stereocenters. The molecule has 84 valence electrons. The van der Waals surface area contributed by atoms with Crippen molar-refractivity contribution in [3.63, 3.8) is 0 Å². The summed E-state index contributed by atoms with van der Waals surface area (Å²) in [4.78, 5) is 3.97. The summed E-state index contributed by atoms with van der Waals surface area (Å²) < 4.78 is 28.7. The normalized spacial score (nSPS) is 10.8. The van der Waals surface area contributed by atoms with Crippen LogP contribution in [-0.4, -0.2) is 11.6 Å². The first kappa shape index (κ1) is 10.6. The van der Waals surface area contributed by atoms with Gasteiger partial charge in [0.25, 0.3) is 0 Å². The minimum Gasteiger partial charge on any atom is -0.434 e. The van der Waals surface area contributed by atoms with Crippen LogP contribution in [0, 0.1) is 0 Å². The van der Waals surface area contributed by atoms with Crippen LogP contribution in [0.3, 0.4) is 0 Å². The van der Waals surface area contributed by atoms with E-state index < -0.39 is 6.61 Å². The van der Waals surface area contributed by atoms with E-state index in [2.05, 4.69) is 15.1 Å². The van der Waals surface area contributed by atoms with Crippen LogP contribution in [0.5, 0.6) is 5.75 Å². The standard InChI is InChI=1S/C10H9F2N3O/c11-10(12)16-8-3-1-2-7-6(8)4-5-14-9(7)15-13/h1-5,10H,13H2,(H,14,15). The Morgan fingerprint density at radius 1 is 1.25 bits per heavy atom. The molecule has 3 N–H and O–H groups in total. The number of aromatic nitrogens is 1. The second kappa shape index (κ2) is 4.28. The zero-order chi connectivity index (χ0) is 11.5. The fraction of sp³-hybridized carbons (Fsp3) is 0.100. The monoisotopic (exact) mass is 225 g/mol. The first-order valence-electron chi connectivity index (χ1n) is 4.51. The first-order chi connectivity index (χ1) is 7.72. The predicted molar refractivity (Wildman–Crippen MR) is 56.2 cm³/mol. The fourth-order valence-corrected chi connectivity index (χ4v) is 1.49. The zero-order valence-corrected chi connectivity index (χ0v) is 8.15. The van der Waals surface area contributed by atoms with Crippen LogP contribution in [0.1, 0.15) is 0 Å². The highest BCUT2D eigenvalue weighted by atomic mass is 19.3. The molecule has 0 saturated carbocycles. The molecule has 16 heavy (non-hydrogen) atoms. The topological polar surface area (TPSA) is 60.2 Å². The van der Waals surface area contributed by atoms with Crippen LogP contribution in [0.15, 0.2) is 30.5 Å². The lowest BCUT2D eigenvalue weighted by Gasteiger charge is -2.09. The number of pyridine rings is 1. The average molecular weight is 225 g/mol. The van der Waals surface area contributed by atoms with Crippen molar-refractivity contribution in [1.29, 1.82) is 0 Å². The minimum absolute atomic E-state index is 0.103. The predicted octanol–water partition coefficient (Wildman–Crippen LogP) is 2.12. The number of hydrazine groups is 1. The van der Waals surface area contributed by atoms with Gasteiger partial charge in [0.05, 0.1) is 0 Å². The summed E-state index contributed by atoms with van der Waals surface area (Å²) in [6, 6.07) is 6.38. The van der Waals surface area contributed by atoms with Crippen molar-refractivity contribution in [2.75, 3.05) is 5.43 Å². The molecule has 0 amide bonds. The molecule has 0 aliphatic heterocycles. The summed E-state index contributed by atoms with van der Waals surface area (Å²) >= 11 is 0. The van der Waals surface area contributed by atoms with E-state index >= 15 is 0 Å². The number of nitrogens with two attached hydrogens (primary N) is 1. The van der Waals surface area contributed by atoms with Gasteiger partial charge in [-0.1, -0.05) is 12.1 Å². The largest absolute Gasteiger partial charge is 0.434 e. The average Bonchev–Trinajstić information content (AvgIpc) is 2.28. The van der Waals surface area contributed by atoms with Gasteiger partial charge in [-0.05, 0) is 12.1 Å². The Balaban J connectivity index is 2.59. The molecule has 4 nitrogen and oxygen atoms in total. The van der Waals surface area contributed by atoms with Gasteiger partial charge in [-0.3, -0.25) is 0 Å². The van der Waals surface area contributed by atoms with E-state index in [-0.39, 0.29) is 5.75 Å². The van der Waals surface area contributed by atoms with E-state index in [0.29, 0.717) is 16.6 Å². The Kier molecular flexibility index (Phi) is 2.82. The number of halogens is 2. The number of fused-ring (bicyclic) bond motifs is 1. The van der Waals surface area contributed by atoms with Crippen molar-refractivity contribution in [3.05, 3.63) is 30.5 Å². The molecule has 0 radical (unpaired) electrons. The smallest absolute Gasteiger partial charge is 0.387 e. The highest BCUT2D eigenvalue weighted by Gasteiger charge is 2.09. The van der Waals surface area contributed by atoms with Gasteiger partial charge in [-0.15, -0.1) is 0 Å². The van der Waals surface area contributed by atoms with E-state index in [1.807, 2.05) is 0 Å². The third-order valence-corrected chi connectivity index (χ3v) is 2.12. The van der Waals surface area contributed by atoms with Gasteiger partial charge in [0.1, 0.15) is 11.6 Å². The zero-order valence-electron chi connectivity index (χ0n) is 8.15. The van der Waals surface area contributed by atoms with E-state index in [1.54, 1.807) is 18.2 Å². The van der Waals surface area contributed by atoms with Gasteiger partial charge in [0.2, 0.25) is 0 Å². The van der Waals surface area contributed by atoms with Gasteiger partial charge in [0, 0.05) is 17.0 Å². The van der Waals surface area contributed by atoms with E-state index in [0.717, 1.165) is 0 Å². The number of nitrogens with one attached hydrogen (secondary N) is 1. The number of hydrogen-bond donors (Lipinski definition) is 2. The number of anilines is 1. The van der Waals surface area contributed by atoms with Gasteiger partial charge < -0.3 is 10.2 Å². The quantitative estimate of drug-likeness (QED) is 0.620.